The molecule has 0 saturated heterocycles. The Morgan fingerprint density at radius 2 is 1.89 bits per heavy atom. The van der Waals surface area contributed by atoms with Crippen LogP contribution < -0.4 is 0 Å². The predicted octanol–water partition coefficient (Wildman–Crippen LogP) is 1.36. The zero-order chi connectivity index (χ0) is 7.54. The number of aldehydes is 2. The molecule has 0 saturated carbocycles. The predicted molar refractivity (Wildman–Crippen MR) is 37.2 cm³/mol. The molecule has 2 heteroatoms. The first-order valence-electron chi connectivity index (χ1n) is 2.83. The first kappa shape index (κ1) is 11.0. The van der Waals surface area contributed by atoms with E-state index < -0.39 is 0 Å². The van der Waals surface area contributed by atoms with E-state index in [1.54, 1.807) is 0 Å². The van der Waals surface area contributed by atoms with Crippen molar-refractivity contribution in [3.8, 4) is 0 Å². The van der Waals surface area contributed by atoms with Gasteiger partial charge in [-0.2, -0.15) is 0 Å². The fourth-order valence-corrected chi connectivity index (χ4v) is 0.118. The number of hydrogen-bond donors (Lipinski definition) is 0. The lowest BCUT2D eigenvalue weighted by atomic mass is 10.4. The molecule has 0 aliphatic heterocycles. The third-order valence-corrected chi connectivity index (χ3v) is 0.503. The van der Waals surface area contributed by atoms with Crippen LogP contribution in [0.2, 0.25) is 0 Å². The van der Waals surface area contributed by atoms with Crippen LogP contribution in [-0.2, 0) is 9.59 Å². The van der Waals surface area contributed by atoms with Gasteiger partial charge in [0, 0.05) is 6.42 Å². The van der Waals surface area contributed by atoms with Crippen LogP contribution in [0.1, 0.15) is 19.8 Å². The quantitative estimate of drug-likeness (QED) is 0.424. The van der Waals surface area contributed by atoms with E-state index in [-0.39, 0.29) is 0 Å². The smallest absolute Gasteiger partial charge is 0.142 e. The van der Waals surface area contributed by atoms with Crippen LogP contribution >= 0.6 is 0 Å². The molecule has 0 aliphatic rings. The summed E-state index contributed by atoms with van der Waals surface area (Å²) >= 11 is 0. The summed E-state index contributed by atoms with van der Waals surface area (Å²) in [5.74, 6) is 0. The molecule has 0 aromatic carbocycles. The second-order valence-corrected chi connectivity index (χ2v) is 1.33. The standard InChI is InChI=1S/C4H8O.C3H4O/c1-2-3-4-5;1-2-3-4/h4H,2-3H2,1H3;2-3H,1H2. The molecule has 9 heavy (non-hydrogen) atoms. The second-order valence-electron chi connectivity index (χ2n) is 1.33. The van der Waals surface area contributed by atoms with Crippen LogP contribution in [0, 0.1) is 0 Å². The molecule has 52 valence electrons. The Balaban J connectivity index is 0. The highest BCUT2D eigenvalue weighted by molar-refractivity contribution is 5.63. The largest absolute Gasteiger partial charge is 0.303 e. The monoisotopic (exact) mass is 128 g/mol. The van der Waals surface area contributed by atoms with Gasteiger partial charge in [0.15, 0.2) is 0 Å². The van der Waals surface area contributed by atoms with E-state index in [9.17, 15) is 4.79 Å². The van der Waals surface area contributed by atoms with Gasteiger partial charge in [-0.15, -0.1) is 0 Å². The van der Waals surface area contributed by atoms with Crippen molar-refractivity contribution in [1.82, 2.24) is 0 Å². The van der Waals surface area contributed by atoms with Gasteiger partial charge in [-0.25, -0.2) is 0 Å². The molecular weight excluding hydrogens is 116 g/mol. The molecule has 0 spiro atoms. The molecule has 0 aromatic heterocycles. The average Bonchev–Trinajstić information content (AvgIpc) is 1.91. The molecule has 0 amide bonds. The molecular formula is C7H12O2. The van der Waals surface area contributed by atoms with E-state index >= 15 is 0 Å². The summed E-state index contributed by atoms with van der Waals surface area (Å²) in [5.41, 5.74) is 0. The Morgan fingerprint density at radius 3 is 1.89 bits per heavy atom. The average molecular weight is 128 g/mol. The fourth-order valence-electron chi connectivity index (χ4n) is 0.118. The van der Waals surface area contributed by atoms with Gasteiger partial charge in [-0.05, 0) is 12.5 Å². The molecule has 0 bridgehead atoms. The molecule has 0 aromatic rings. The van der Waals surface area contributed by atoms with E-state index in [2.05, 4.69) is 6.58 Å². The highest BCUT2D eigenvalue weighted by atomic mass is 16.1. The summed E-state index contributed by atoms with van der Waals surface area (Å²) in [6, 6.07) is 0. The van der Waals surface area contributed by atoms with Crippen molar-refractivity contribution in [1.29, 1.82) is 0 Å². The Hall–Kier alpha value is -0.920. The van der Waals surface area contributed by atoms with Crippen LogP contribution in [-0.4, -0.2) is 12.6 Å². The molecule has 2 nitrogen and oxygen atoms in total. The first-order chi connectivity index (χ1) is 4.33. The van der Waals surface area contributed by atoms with Crippen molar-refractivity contribution in [3.05, 3.63) is 12.7 Å². The number of carbonyl (C=O) groups excluding carboxylic acids is 2. The summed E-state index contributed by atoms with van der Waals surface area (Å²) in [6.07, 6.45) is 4.45. The maximum absolute atomic E-state index is 9.40. The minimum atomic E-state index is 0.639. The van der Waals surface area contributed by atoms with Crippen molar-refractivity contribution in [2.24, 2.45) is 0 Å². The van der Waals surface area contributed by atoms with Crippen LogP contribution in [0.15, 0.2) is 12.7 Å². The molecule has 0 radical (unpaired) electrons. The van der Waals surface area contributed by atoms with Crippen LogP contribution in [0.3, 0.4) is 0 Å². The second kappa shape index (κ2) is 15.7. The van der Waals surface area contributed by atoms with Crippen LogP contribution in [0.25, 0.3) is 0 Å². The third-order valence-electron chi connectivity index (χ3n) is 0.503. The molecule has 0 atom stereocenters. The summed E-state index contributed by atoms with van der Waals surface area (Å²) in [6.45, 7) is 5.09. The lowest BCUT2D eigenvalue weighted by Gasteiger charge is -1.68. The van der Waals surface area contributed by atoms with Crippen molar-refractivity contribution >= 4 is 12.6 Å². The lowest BCUT2D eigenvalue weighted by molar-refractivity contribution is -0.108. The van der Waals surface area contributed by atoms with Crippen molar-refractivity contribution < 1.29 is 9.59 Å². The van der Waals surface area contributed by atoms with E-state index in [0.29, 0.717) is 12.7 Å². The molecule has 0 fully saturated rings. The van der Waals surface area contributed by atoms with E-state index in [1.807, 2.05) is 6.92 Å². The number of carbonyl (C=O) groups is 2. The van der Waals surface area contributed by atoms with Gasteiger partial charge in [0.2, 0.25) is 0 Å². The molecule has 0 N–H and O–H groups in total. The number of allylic oxidation sites excluding steroid dienone is 1. The number of hydrogen-bond acceptors (Lipinski definition) is 2. The topological polar surface area (TPSA) is 34.1 Å². The number of rotatable bonds is 3. The molecule has 0 aliphatic carbocycles. The van der Waals surface area contributed by atoms with Crippen molar-refractivity contribution in [2.45, 2.75) is 19.8 Å². The molecule has 0 unspecified atom stereocenters. The summed E-state index contributed by atoms with van der Waals surface area (Å²) in [5, 5.41) is 0. The highest BCUT2D eigenvalue weighted by Crippen LogP contribution is 1.74. The Bertz CT molecular complexity index is 71.0. The Kier molecular flexibility index (Phi) is 19.1. The van der Waals surface area contributed by atoms with Gasteiger partial charge in [0.1, 0.15) is 12.6 Å². The Labute approximate surface area is 55.6 Å². The summed E-state index contributed by atoms with van der Waals surface area (Å²) < 4.78 is 0. The minimum Gasteiger partial charge on any atom is -0.303 e. The van der Waals surface area contributed by atoms with Crippen molar-refractivity contribution in [3.63, 3.8) is 0 Å². The Morgan fingerprint density at radius 1 is 1.44 bits per heavy atom. The lowest BCUT2D eigenvalue weighted by Crippen LogP contribution is -1.64. The first-order valence-corrected chi connectivity index (χ1v) is 2.83. The van der Waals surface area contributed by atoms with E-state index in [0.717, 1.165) is 12.7 Å². The number of unbranched alkanes of at least 4 members (excludes halogenated alkanes) is 1. The van der Waals surface area contributed by atoms with Gasteiger partial charge < -0.3 is 4.79 Å². The highest BCUT2D eigenvalue weighted by Gasteiger charge is 1.66. The zero-order valence-corrected chi connectivity index (χ0v) is 5.67. The normalized spacial score (nSPS) is 6.33. The van der Waals surface area contributed by atoms with Gasteiger partial charge in [-0.1, -0.05) is 13.5 Å². The SMILES string of the molecule is C=CC=O.CCCC=O. The van der Waals surface area contributed by atoms with E-state index in [1.165, 1.54) is 6.08 Å². The van der Waals surface area contributed by atoms with Crippen LogP contribution in [0.4, 0.5) is 0 Å². The van der Waals surface area contributed by atoms with Gasteiger partial charge in [0.05, 0.1) is 0 Å². The summed E-state index contributed by atoms with van der Waals surface area (Å²) in [7, 11) is 0. The summed E-state index contributed by atoms with van der Waals surface area (Å²) in [4.78, 5) is 18.5. The third kappa shape index (κ3) is 42.2. The van der Waals surface area contributed by atoms with Crippen LogP contribution in [0.5, 0.6) is 0 Å². The molecule has 0 rings (SSSR count). The molecule has 0 heterocycles. The maximum Gasteiger partial charge on any atom is 0.142 e. The maximum atomic E-state index is 9.40. The van der Waals surface area contributed by atoms with Crippen molar-refractivity contribution in [2.75, 3.05) is 0 Å². The minimum absolute atomic E-state index is 0.639. The van der Waals surface area contributed by atoms with Gasteiger partial charge >= 0.3 is 0 Å². The van der Waals surface area contributed by atoms with Gasteiger partial charge in [-0.3, -0.25) is 4.79 Å². The van der Waals surface area contributed by atoms with Gasteiger partial charge in [0.25, 0.3) is 0 Å². The van der Waals surface area contributed by atoms with E-state index in [4.69, 9.17) is 4.79 Å². The zero-order valence-electron chi connectivity index (χ0n) is 5.67. The fraction of sp³-hybridized carbons (Fsp3) is 0.429.